The van der Waals surface area contributed by atoms with Crippen molar-refractivity contribution < 1.29 is 14.0 Å². The maximum absolute atomic E-state index is 14.0. The molecule has 11 nitrogen and oxygen atoms in total. The Kier molecular flexibility index (Phi) is 9.53. The van der Waals surface area contributed by atoms with Crippen molar-refractivity contribution in [2.45, 2.75) is 65.8 Å². The van der Waals surface area contributed by atoms with Crippen molar-refractivity contribution in [1.29, 1.82) is 0 Å². The van der Waals surface area contributed by atoms with Crippen LogP contribution in [0, 0.1) is 5.82 Å². The fraction of sp³-hybridized carbons (Fsp3) is 0.483. The Labute approximate surface area is 236 Å². The van der Waals surface area contributed by atoms with Crippen LogP contribution in [0.25, 0.3) is 22.1 Å². The van der Waals surface area contributed by atoms with Crippen LogP contribution < -0.4 is 16.6 Å². The van der Waals surface area contributed by atoms with Gasteiger partial charge in [-0.2, -0.15) is 0 Å². The van der Waals surface area contributed by atoms with Gasteiger partial charge in [0.15, 0.2) is 16.9 Å². The van der Waals surface area contributed by atoms with Crippen LogP contribution in [0.3, 0.4) is 0 Å². The SMILES string of the molecule is CCCC(=O)c1[nH]c2ccc(F)cc2c1NC(=O)CN(CCC)CCCc1nc2c(c(=O)[nH]c(=O)n2C)n1CCC. The second-order valence-corrected chi connectivity index (χ2v) is 10.3. The molecule has 12 heteroatoms. The highest BCUT2D eigenvalue weighted by Gasteiger charge is 2.21. The Morgan fingerprint density at radius 1 is 1.07 bits per heavy atom. The number of halogens is 1. The van der Waals surface area contributed by atoms with Gasteiger partial charge in [0, 0.05) is 37.3 Å². The largest absolute Gasteiger partial charge is 0.350 e. The standard InChI is InChI=1S/C29H38FN7O4/c1-5-9-21(38)25-24(19-16-18(30)11-12-20(19)31-25)33-23(39)17-36(13-6-2)15-8-10-22-32-27-26(37(22)14-7-3)28(40)34-29(41)35(27)4/h11-12,16,31H,5-10,13-15,17H2,1-4H3,(H,33,39)(H,34,40,41). The van der Waals surface area contributed by atoms with Crippen LogP contribution in [-0.2, 0) is 24.8 Å². The highest BCUT2D eigenvalue weighted by atomic mass is 19.1. The van der Waals surface area contributed by atoms with Crippen LogP contribution in [-0.4, -0.2) is 60.3 Å². The third kappa shape index (κ3) is 6.48. The number of H-pyrrole nitrogens is 2. The van der Waals surface area contributed by atoms with E-state index in [0.717, 1.165) is 12.8 Å². The Hall–Kier alpha value is -4.06. The molecule has 0 aliphatic rings. The Bertz CT molecular complexity index is 1680. The van der Waals surface area contributed by atoms with E-state index in [1.54, 1.807) is 13.1 Å². The molecular weight excluding hydrogens is 529 g/mol. The zero-order valence-electron chi connectivity index (χ0n) is 24.1. The molecule has 4 rings (SSSR count). The van der Waals surface area contributed by atoms with Gasteiger partial charge in [0.05, 0.1) is 12.2 Å². The summed E-state index contributed by atoms with van der Waals surface area (Å²) in [7, 11) is 1.58. The summed E-state index contributed by atoms with van der Waals surface area (Å²) in [6, 6.07) is 4.19. The molecule has 0 aliphatic heterocycles. The van der Waals surface area contributed by atoms with E-state index in [1.165, 1.54) is 16.7 Å². The minimum Gasteiger partial charge on any atom is -0.350 e. The summed E-state index contributed by atoms with van der Waals surface area (Å²) in [6.45, 7) is 7.90. The van der Waals surface area contributed by atoms with Crippen molar-refractivity contribution in [3.63, 3.8) is 0 Å². The van der Waals surface area contributed by atoms with Crippen molar-refractivity contribution >= 4 is 39.4 Å². The molecule has 0 bridgehead atoms. The smallest absolute Gasteiger partial charge is 0.329 e. The van der Waals surface area contributed by atoms with Gasteiger partial charge in [-0.05, 0) is 57.0 Å². The summed E-state index contributed by atoms with van der Waals surface area (Å²) in [4.78, 5) is 62.6. The third-order valence-corrected chi connectivity index (χ3v) is 7.10. The number of benzene rings is 1. The van der Waals surface area contributed by atoms with Gasteiger partial charge in [0.2, 0.25) is 5.91 Å². The van der Waals surface area contributed by atoms with E-state index in [1.807, 2.05) is 30.2 Å². The zero-order valence-corrected chi connectivity index (χ0v) is 24.1. The van der Waals surface area contributed by atoms with Crippen LogP contribution >= 0.6 is 0 Å². The average molecular weight is 568 g/mol. The predicted molar refractivity (Wildman–Crippen MR) is 157 cm³/mol. The van der Waals surface area contributed by atoms with Gasteiger partial charge < -0.3 is 14.9 Å². The first kappa shape index (κ1) is 29.9. The number of fused-ring (bicyclic) bond motifs is 2. The monoisotopic (exact) mass is 567 g/mol. The highest BCUT2D eigenvalue weighted by Crippen LogP contribution is 2.30. The first-order valence-corrected chi connectivity index (χ1v) is 14.2. The van der Waals surface area contributed by atoms with Crippen molar-refractivity contribution in [3.05, 3.63) is 56.4 Å². The molecule has 1 aromatic carbocycles. The van der Waals surface area contributed by atoms with Crippen LogP contribution in [0.5, 0.6) is 0 Å². The Morgan fingerprint density at radius 2 is 1.85 bits per heavy atom. The van der Waals surface area contributed by atoms with E-state index in [9.17, 15) is 23.6 Å². The molecule has 3 N–H and O–H groups in total. The van der Waals surface area contributed by atoms with Gasteiger partial charge in [-0.15, -0.1) is 0 Å². The van der Waals surface area contributed by atoms with E-state index < -0.39 is 17.1 Å². The first-order chi connectivity index (χ1) is 19.7. The number of aryl methyl sites for hydroxylation is 3. The molecule has 0 spiro atoms. The van der Waals surface area contributed by atoms with E-state index in [-0.39, 0.29) is 23.9 Å². The molecule has 220 valence electrons. The van der Waals surface area contributed by atoms with Crippen LogP contribution in [0.2, 0.25) is 0 Å². The van der Waals surface area contributed by atoms with Gasteiger partial charge in [-0.1, -0.05) is 20.8 Å². The first-order valence-electron chi connectivity index (χ1n) is 14.2. The lowest BCUT2D eigenvalue weighted by Crippen LogP contribution is -2.35. The average Bonchev–Trinajstić information content (AvgIpc) is 3.46. The van der Waals surface area contributed by atoms with E-state index in [0.29, 0.717) is 78.9 Å². The number of nitrogens with one attached hydrogen (secondary N) is 3. The fourth-order valence-electron chi connectivity index (χ4n) is 5.22. The van der Waals surface area contributed by atoms with E-state index in [4.69, 9.17) is 0 Å². The number of nitrogens with zero attached hydrogens (tertiary/aromatic N) is 4. The number of ketones is 1. The van der Waals surface area contributed by atoms with Gasteiger partial charge >= 0.3 is 5.69 Å². The molecule has 0 radical (unpaired) electrons. The number of aromatic amines is 2. The Balaban J connectivity index is 1.49. The summed E-state index contributed by atoms with van der Waals surface area (Å²) in [5.74, 6) is -0.176. The molecule has 0 atom stereocenters. The summed E-state index contributed by atoms with van der Waals surface area (Å²) in [6.07, 6.45) is 3.81. The number of aromatic nitrogens is 5. The van der Waals surface area contributed by atoms with E-state index >= 15 is 0 Å². The van der Waals surface area contributed by atoms with Gasteiger partial charge in [-0.3, -0.25) is 28.8 Å². The van der Waals surface area contributed by atoms with Crippen LogP contribution in [0.15, 0.2) is 27.8 Å². The molecule has 0 saturated heterocycles. The summed E-state index contributed by atoms with van der Waals surface area (Å²) < 4.78 is 17.3. The third-order valence-electron chi connectivity index (χ3n) is 7.10. The molecule has 4 aromatic rings. The number of hydrogen-bond donors (Lipinski definition) is 3. The Morgan fingerprint density at radius 3 is 2.56 bits per heavy atom. The number of anilines is 1. The van der Waals surface area contributed by atoms with Crippen molar-refractivity contribution in [2.75, 3.05) is 25.0 Å². The molecule has 1 amide bonds. The minimum atomic E-state index is -0.507. The lowest BCUT2D eigenvalue weighted by molar-refractivity contribution is -0.117. The number of Topliss-reactive ketones (excluding diaryl/α,β-unsaturated/α-hetero) is 1. The number of carbonyl (C=O) groups excluding carboxylic acids is 2. The second-order valence-electron chi connectivity index (χ2n) is 10.3. The number of rotatable bonds is 14. The van der Waals surface area contributed by atoms with Crippen LogP contribution in [0.4, 0.5) is 10.1 Å². The molecule has 0 unspecified atom stereocenters. The maximum Gasteiger partial charge on any atom is 0.329 e. The molecular formula is C29H38FN7O4. The summed E-state index contributed by atoms with van der Waals surface area (Å²) >= 11 is 0. The molecule has 0 fully saturated rings. The van der Waals surface area contributed by atoms with Crippen molar-refractivity contribution in [3.8, 4) is 0 Å². The molecule has 3 aromatic heterocycles. The normalized spacial score (nSPS) is 11.7. The second kappa shape index (κ2) is 13.1. The van der Waals surface area contributed by atoms with Crippen molar-refractivity contribution in [2.24, 2.45) is 7.05 Å². The van der Waals surface area contributed by atoms with Gasteiger partial charge in [0.1, 0.15) is 17.3 Å². The van der Waals surface area contributed by atoms with Crippen molar-refractivity contribution in [1.82, 2.24) is 29.0 Å². The summed E-state index contributed by atoms with van der Waals surface area (Å²) in [5.41, 5.74) is 0.956. The number of amides is 1. The predicted octanol–water partition coefficient (Wildman–Crippen LogP) is 3.72. The quantitative estimate of drug-likeness (QED) is 0.199. The zero-order chi connectivity index (χ0) is 29.7. The lowest BCUT2D eigenvalue weighted by Gasteiger charge is -2.21. The lowest BCUT2D eigenvalue weighted by atomic mass is 10.1. The topological polar surface area (TPSA) is 138 Å². The van der Waals surface area contributed by atoms with Gasteiger partial charge in [0.25, 0.3) is 5.56 Å². The fourth-order valence-corrected chi connectivity index (χ4v) is 5.22. The number of imidazole rings is 1. The molecule has 3 heterocycles. The van der Waals surface area contributed by atoms with Crippen LogP contribution in [0.1, 0.15) is 69.2 Å². The minimum absolute atomic E-state index is 0.0940. The van der Waals surface area contributed by atoms with Gasteiger partial charge in [-0.25, -0.2) is 14.2 Å². The molecule has 41 heavy (non-hydrogen) atoms. The number of carbonyl (C=O) groups is 2. The maximum atomic E-state index is 14.0. The number of hydrogen-bond acceptors (Lipinski definition) is 6. The highest BCUT2D eigenvalue weighted by molar-refractivity contribution is 6.13. The molecule has 0 aliphatic carbocycles. The van der Waals surface area contributed by atoms with E-state index in [2.05, 4.69) is 20.3 Å². The summed E-state index contributed by atoms with van der Waals surface area (Å²) in [5, 5.41) is 3.33. The molecule has 0 saturated carbocycles.